The van der Waals surface area contributed by atoms with Gasteiger partial charge in [-0.1, -0.05) is 0 Å². The van der Waals surface area contributed by atoms with Gasteiger partial charge in [-0.3, -0.25) is 4.79 Å². The van der Waals surface area contributed by atoms with Crippen LogP contribution in [0, 0.1) is 19.8 Å². The number of anilines is 1. The van der Waals surface area contributed by atoms with E-state index in [-0.39, 0.29) is 18.4 Å². The molecule has 1 N–H and O–H groups in total. The third-order valence-corrected chi connectivity index (χ3v) is 5.30. The summed E-state index contributed by atoms with van der Waals surface area (Å²) in [5.74, 6) is -0.686. The molecule has 0 unspecified atom stereocenters. The number of amides is 1. The maximum atomic E-state index is 12.2. The van der Waals surface area contributed by atoms with Crippen LogP contribution in [-0.4, -0.2) is 22.8 Å². The summed E-state index contributed by atoms with van der Waals surface area (Å²) in [6.07, 6.45) is 0.629. The van der Waals surface area contributed by atoms with E-state index in [1.807, 2.05) is 13.8 Å². The molecule has 1 saturated carbocycles. The molecule has 1 aliphatic rings. The van der Waals surface area contributed by atoms with Gasteiger partial charge in [0.25, 0.3) is 0 Å². The number of esters is 1. The first-order valence-corrected chi connectivity index (χ1v) is 7.72. The quantitative estimate of drug-likeness (QED) is 0.674. The number of halogens is 2. The van der Waals surface area contributed by atoms with Crippen LogP contribution in [0.3, 0.4) is 0 Å². The van der Waals surface area contributed by atoms with Crippen LogP contribution in [0.25, 0.3) is 0 Å². The Morgan fingerprint density at radius 1 is 1.45 bits per heavy atom. The SMILES string of the molecule is CC(=O)Nc1sc(C)c(C)c1C(=O)OC[C@@H]1CC1(Cl)Cl. The predicted molar refractivity (Wildman–Crippen MR) is 80.9 cm³/mol. The molecule has 4 nitrogen and oxygen atoms in total. The summed E-state index contributed by atoms with van der Waals surface area (Å²) in [5.41, 5.74) is 1.24. The highest BCUT2D eigenvalue weighted by Crippen LogP contribution is 2.53. The number of carbonyl (C=O) groups excluding carboxylic acids is 2. The number of nitrogens with one attached hydrogen (secondary N) is 1. The Bertz CT molecular complexity index is 568. The van der Waals surface area contributed by atoms with Crippen LogP contribution in [0.4, 0.5) is 5.00 Å². The summed E-state index contributed by atoms with van der Waals surface area (Å²) < 4.78 is 4.49. The van der Waals surface area contributed by atoms with Crippen molar-refractivity contribution in [2.24, 2.45) is 5.92 Å². The molecule has 2 rings (SSSR count). The standard InChI is InChI=1S/C13H15Cl2NO3S/c1-6-7(2)20-11(16-8(3)17)10(6)12(18)19-5-9-4-13(9,14)15/h9H,4-5H2,1-3H3,(H,16,17)/t9-/m0/s1. The van der Waals surface area contributed by atoms with Crippen molar-refractivity contribution in [2.75, 3.05) is 11.9 Å². The highest BCUT2D eigenvalue weighted by atomic mass is 35.5. The van der Waals surface area contributed by atoms with Gasteiger partial charge in [-0.25, -0.2) is 4.79 Å². The first-order valence-electron chi connectivity index (χ1n) is 6.15. The molecule has 1 atom stereocenters. The van der Waals surface area contributed by atoms with E-state index in [1.165, 1.54) is 18.3 Å². The van der Waals surface area contributed by atoms with Crippen molar-refractivity contribution in [3.8, 4) is 0 Å². The van der Waals surface area contributed by atoms with Gasteiger partial charge in [0, 0.05) is 17.7 Å². The monoisotopic (exact) mass is 335 g/mol. The van der Waals surface area contributed by atoms with Crippen LogP contribution < -0.4 is 5.32 Å². The van der Waals surface area contributed by atoms with Crippen molar-refractivity contribution in [1.82, 2.24) is 0 Å². The van der Waals surface area contributed by atoms with E-state index in [0.717, 1.165) is 10.4 Å². The molecule has 20 heavy (non-hydrogen) atoms. The number of hydrogen-bond donors (Lipinski definition) is 1. The van der Waals surface area contributed by atoms with Gasteiger partial charge in [-0.2, -0.15) is 0 Å². The van der Waals surface area contributed by atoms with Crippen LogP contribution >= 0.6 is 34.5 Å². The van der Waals surface area contributed by atoms with Crippen LogP contribution in [0.5, 0.6) is 0 Å². The minimum atomic E-state index is -0.764. The largest absolute Gasteiger partial charge is 0.462 e. The minimum Gasteiger partial charge on any atom is -0.462 e. The molecular weight excluding hydrogens is 321 g/mol. The van der Waals surface area contributed by atoms with Crippen LogP contribution in [0.15, 0.2) is 0 Å². The van der Waals surface area contributed by atoms with Crippen LogP contribution in [-0.2, 0) is 9.53 Å². The van der Waals surface area contributed by atoms with E-state index in [1.54, 1.807) is 0 Å². The highest BCUT2D eigenvalue weighted by Gasteiger charge is 2.52. The average Bonchev–Trinajstić information content (AvgIpc) is 2.83. The molecule has 0 bridgehead atoms. The zero-order valence-corrected chi connectivity index (χ0v) is 13.7. The van der Waals surface area contributed by atoms with E-state index in [4.69, 9.17) is 27.9 Å². The lowest BCUT2D eigenvalue weighted by atomic mass is 10.1. The van der Waals surface area contributed by atoms with Crippen molar-refractivity contribution >= 4 is 51.4 Å². The van der Waals surface area contributed by atoms with E-state index in [2.05, 4.69) is 5.32 Å². The number of rotatable bonds is 4. The normalized spacial score (nSPS) is 19.6. The third kappa shape index (κ3) is 3.27. The van der Waals surface area contributed by atoms with E-state index in [9.17, 15) is 9.59 Å². The van der Waals surface area contributed by atoms with Gasteiger partial charge in [0.15, 0.2) is 0 Å². The summed E-state index contributed by atoms with van der Waals surface area (Å²) >= 11 is 13.1. The second-order valence-corrected chi connectivity index (χ2v) is 7.70. The first kappa shape index (κ1) is 15.6. The van der Waals surface area contributed by atoms with E-state index >= 15 is 0 Å². The van der Waals surface area contributed by atoms with Gasteiger partial charge in [0.2, 0.25) is 5.91 Å². The molecule has 110 valence electrons. The molecule has 1 fully saturated rings. The lowest BCUT2D eigenvalue weighted by Crippen LogP contribution is -2.13. The predicted octanol–water partition coefficient (Wildman–Crippen LogP) is 3.67. The highest BCUT2D eigenvalue weighted by molar-refractivity contribution is 7.16. The molecule has 0 spiro atoms. The van der Waals surface area contributed by atoms with Crippen molar-refractivity contribution in [1.29, 1.82) is 0 Å². The first-order chi connectivity index (χ1) is 9.22. The third-order valence-electron chi connectivity index (χ3n) is 3.25. The van der Waals surface area contributed by atoms with E-state index in [0.29, 0.717) is 17.0 Å². The number of thiophene rings is 1. The fourth-order valence-electron chi connectivity index (χ4n) is 1.82. The summed E-state index contributed by atoms with van der Waals surface area (Å²) in [6.45, 7) is 5.32. The van der Waals surface area contributed by atoms with Crippen molar-refractivity contribution in [2.45, 2.75) is 31.5 Å². The zero-order valence-electron chi connectivity index (χ0n) is 11.4. The summed E-state index contributed by atoms with van der Waals surface area (Å²) in [4.78, 5) is 24.3. The average molecular weight is 336 g/mol. The Kier molecular flexibility index (Phi) is 4.33. The second-order valence-electron chi connectivity index (χ2n) is 4.93. The second kappa shape index (κ2) is 5.54. The van der Waals surface area contributed by atoms with Crippen LogP contribution in [0.2, 0.25) is 0 Å². The fourth-order valence-corrected chi connectivity index (χ4v) is 3.41. The molecular formula is C13H15Cl2NO3S. The maximum absolute atomic E-state index is 12.2. The van der Waals surface area contributed by atoms with Gasteiger partial charge in [0.05, 0.1) is 12.2 Å². The number of ether oxygens (including phenoxy) is 1. The Hall–Kier alpha value is -0.780. The molecule has 0 radical (unpaired) electrons. The topological polar surface area (TPSA) is 55.4 Å². The summed E-state index contributed by atoms with van der Waals surface area (Å²) in [6, 6.07) is 0. The zero-order chi connectivity index (χ0) is 15.1. The van der Waals surface area contributed by atoms with Gasteiger partial charge in [-0.15, -0.1) is 34.5 Å². The molecule has 7 heteroatoms. The van der Waals surface area contributed by atoms with Crippen molar-refractivity contribution in [3.63, 3.8) is 0 Å². The maximum Gasteiger partial charge on any atom is 0.341 e. The number of alkyl halides is 2. The smallest absolute Gasteiger partial charge is 0.341 e. The Morgan fingerprint density at radius 2 is 2.05 bits per heavy atom. The Morgan fingerprint density at radius 3 is 2.55 bits per heavy atom. The Labute approximate surface area is 131 Å². The lowest BCUT2D eigenvalue weighted by Gasteiger charge is -2.07. The minimum absolute atomic E-state index is 0.0148. The molecule has 1 heterocycles. The molecule has 0 saturated heterocycles. The molecule has 1 aliphatic carbocycles. The summed E-state index contributed by atoms with van der Waals surface area (Å²) in [7, 11) is 0. The molecule has 1 amide bonds. The van der Waals surface area contributed by atoms with Crippen molar-refractivity contribution < 1.29 is 14.3 Å². The van der Waals surface area contributed by atoms with Gasteiger partial charge in [-0.05, 0) is 25.8 Å². The number of hydrogen-bond acceptors (Lipinski definition) is 4. The number of carbonyl (C=O) groups is 2. The van der Waals surface area contributed by atoms with Gasteiger partial charge in [0.1, 0.15) is 9.33 Å². The summed E-state index contributed by atoms with van der Waals surface area (Å²) in [5, 5.41) is 3.19. The van der Waals surface area contributed by atoms with Crippen molar-refractivity contribution in [3.05, 3.63) is 16.0 Å². The fraction of sp³-hybridized carbons (Fsp3) is 0.538. The molecule has 0 aromatic carbocycles. The molecule has 0 aliphatic heterocycles. The van der Waals surface area contributed by atoms with E-state index < -0.39 is 10.3 Å². The molecule has 1 aromatic heterocycles. The van der Waals surface area contributed by atoms with Gasteiger partial charge >= 0.3 is 5.97 Å². The number of aryl methyl sites for hydroxylation is 1. The Balaban J connectivity index is 2.10. The molecule has 1 aromatic rings. The van der Waals surface area contributed by atoms with Crippen LogP contribution in [0.1, 0.15) is 34.1 Å². The van der Waals surface area contributed by atoms with Gasteiger partial charge < -0.3 is 10.1 Å². The lowest BCUT2D eigenvalue weighted by molar-refractivity contribution is -0.114.